The van der Waals surface area contributed by atoms with Crippen molar-refractivity contribution in [2.75, 3.05) is 26.1 Å². The maximum absolute atomic E-state index is 11.9. The fourth-order valence-corrected chi connectivity index (χ4v) is 2.11. The number of carbonyl (C=O) groups excluding carboxylic acids is 2. The first-order valence-electron chi connectivity index (χ1n) is 6.98. The highest BCUT2D eigenvalue weighted by molar-refractivity contribution is 6.30. The lowest BCUT2D eigenvalue weighted by atomic mass is 10.2. The van der Waals surface area contributed by atoms with Gasteiger partial charge in [-0.15, -0.1) is 0 Å². The lowest BCUT2D eigenvalue weighted by molar-refractivity contribution is -0.119. The van der Waals surface area contributed by atoms with E-state index in [0.717, 1.165) is 0 Å². The Morgan fingerprint density at radius 2 is 1.88 bits per heavy atom. The first-order valence-corrected chi connectivity index (χ1v) is 7.36. The van der Waals surface area contributed by atoms with Gasteiger partial charge in [0.1, 0.15) is 11.5 Å². The van der Waals surface area contributed by atoms with Crippen molar-refractivity contribution in [1.82, 2.24) is 0 Å². The summed E-state index contributed by atoms with van der Waals surface area (Å²) in [5.74, 6) is -0.0932. The molecule has 2 aromatic carbocycles. The zero-order chi connectivity index (χ0) is 17.5. The molecule has 0 aliphatic rings. The summed E-state index contributed by atoms with van der Waals surface area (Å²) in [6.07, 6.45) is 0. The van der Waals surface area contributed by atoms with Gasteiger partial charge in [0, 0.05) is 11.1 Å². The third-order valence-corrected chi connectivity index (χ3v) is 3.31. The Bertz CT molecular complexity index is 748. The molecule has 2 rings (SSSR count). The number of amides is 1. The second-order valence-corrected chi connectivity index (χ2v) is 5.14. The number of methoxy groups -OCH3 is 2. The number of halogens is 1. The molecule has 0 bridgehead atoms. The highest BCUT2D eigenvalue weighted by Gasteiger charge is 2.13. The van der Waals surface area contributed by atoms with Crippen molar-refractivity contribution in [2.24, 2.45) is 0 Å². The maximum Gasteiger partial charge on any atom is 0.338 e. The van der Waals surface area contributed by atoms with Crippen LogP contribution in [0.1, 0.15) is 10.4 Å². The fraction of sp³-hybridized carbons (Fsp3) is 0.176. The van der Waals surface area contributed by atoms with Gasteiger partial charge in [-0.25, -0.2) is 4.79 Å². The number of esters is 1. The molecular formula is C17H16ClNO5. The molecule has 1 N–H and O–H groups in total. The summed E-state index contributed by atoms with van der Waals surface area (Å²) < 4.78 is 15.2. The summed E-state index contributed by atoms with van der Waals surface area (Å²) in [6, 6.07) is 11.2. The monoisotopic (exact) mass is 349 g/mol. The van der Waals surface area contributed by atoms with Crippen molar-refractivity contribution in [1.29, 1.82) is 0 Å². The van der Waals surface area contributed by atoms with Gasteiger partial charge in [-0.05, 0) is 30.3 Å². The molecule has 0 radical (unpaired) electrons. The number of benzene rings is 2. The van der Waals surface area contributed by atoms with E-state index in [9.17, 15) is 9.59 Å². The smallest absolute Gasteiger partial charge is 0.338 e. The molecular weight excluding hydrogens is 334 g/mol. The second kappa shape index (κ2) is 8.21. The first kappa shape index (κ1) is 17.6. The number of nitrogens with one attached hydrogen (secondary N) is 1. The molecule has 0 spiro atoms. The van der Waals surface area contributed by atoms with Gasteiger partial charge in [-0.1, -0.05) is 17.7 Å². The van der Waals surface area contributed by atoms with Crippen molar-refractivity contribution in [3.05, 3.63) is 53.1 Å². The average molecular weight is 350 g/mol. The van der Waals surface area contributed by atoms with E-state index in [-0.39, 0.29) is 5.56 Å². The highest BCUT2D eigenvalue weighted by atomic mass is 35.5. The molecule has 1 amide bonds. The Kier molecular flexibility index (Phi) is 6.03. The van der Waals surface area contributed by atoms with Crippen LogP contribution in [0.15, 0.2) is 42.5 Å². The Hall–Kier alpha value is -2.73. The lowest BCUT2D eigenvalue weighted by Gasteiger charge is -2.11. The third-order valence-electron chi connectivity index (χ3n) is 3.08. The van der Waals surface area contributed by atoms with Crippen molar-refractivity contribution in [2.45, 2.75) is 0 Å². The largest absolute Gasteiger partial charge is 0.497 e. The predicted octanol–water partition coefficient (Wildman–Crippen LogP) is 3.15. The zero-order valence-electron chi connectivity index (χ0n) is 13.2. The van der Waals surface area contributed by atoms with Crippen LogP contribution in [0.4, 0.5) is 5.69 Å². The van der Waals surface area contributed by atoms with Crippen LogP contribution >= 0.6 is 11.6 Å². The van der Waals surface area contributed by atoms with Crippen LogP contribution in [0, 0.1) is 0 Å². The molecule has 0 saturated carbocycles. The summed E-state index contributed by atoms with van der Waals surface area (Å²) in [6.45, 7) is -0.430. The van der Waals surface area contributed by atoms with E-state index in [1.54, 1.807) is 36.4 Å². The van der Waals surface area contributed by atoms with Crippen molar-refractivity contribution < 1.29 is 23.8 Å². The minimum atomic E-state index is -0.630. The molecule has 6 nitrogen and oxygen atoms in total. The van der Waals surface area contributed by atoms with E-state index < -0.39 is 18.5 Å². The van der Waals surface area contributed by atoms with Crippen molar-refractivity contribution in [3.63, 3.8) is 0 Å². The molecule has 0 atom stereocenters. The molecule has 7 heteroatoms. The zero-order valence-corrected chi connectivity index (χ0v) is 13.9. The molecule has 0 unspecified atom stereocenters. The lowest BCUT2D eigenvalue weighted by Crippen LogP contribution is -2.21. The maximum atomic E-state index is 11.9. The molecule has 0 aromatic heterocycles. The molecule has 0 saturated heterocycles. The molecule has 2 aromatic rings. The quantitative estimate of drug-likeness (QED) is 0.811. The van der Waals surface area contributed by atoms with Gasteiger partial charge in [0.25, 0.3) is 5.91 Å². The summed E-state index contributed by atoms with van der Waals surface area (Å²) in [7, 11) is 3.01. The minimum absolute atomic E-state index is 0.275. The Balaban J connectivity index is 1.95. The predicted molar refractivity (Wildman–Crippen MR) is 89.9 cm³/mol. The Labute approximate surface area is 144 Å². The third kappa shape index (κ3) is 4.63. The van der Waals surface area contributed by atoms with Gasteiger partial charge >= 0.3 is 5.97 Å². The van der Waals surface area contributed by atoms with E-state index >= 15 is 0 Å². The minimum Gasteiger partial charge on any atom is -0.497 e. The molecule has 24 heavy (non-hydrogen) atoms. The van der Waals surface area contributed by atoms with Gasteiger partial charge in [0.15, 0.2) is 6.61 Å². The first-order chi connectivity index (χ1) is 11.5. The normalized spacial score (nSPS) is 9.96. The number of hydrogen-bond donors (Lipinski definition) is 1. The number of carbonyl (C=O) groups is 2. The van der Waals surface area contributed by atoms with Crippen LogP contribution in [0.2, 0.25) is 5.02 Å². The number of anilines is 1. The van der Waals surface area contributed by atoms with Crippen molar-refractivity contribution >= 4 is 29.2 Å². The Morgan fingerprint density at radius 1 is 1.08 bits per heavy atom. The van der Waals surface area contributed by atoms with E-state index in [0.29, 0.717) is 22.2 Å². The van der Waals surface area contributed by atoms with E-state index in [1.165, 1.54) is 20.3 Å². The molecule has 0 fully saturated rings. The van der Waals surface area contributed by atoms with Gasteiger partial charge in [0.2, 0.25) is 0 Å². The van der Waals surface area contributed by atoms with Crippen LogP contribution in [0.3, 0.4) is 0 Å². The molecule has 0 aliphatic heterocycles. The Morgan fingerprint density at radius 3 is 2.54 bits per heavy atom. The summed E-state index contributed by atoms with van der Waals surface area (Å²) >= 11 is 5.81. The van der Waals surface area contributed by atoms with Gasteiger partial charge < -0.3 is 19.5 Å². The van der Waals surface area contributed by atoms with Crippen LogP contribution < -0.4 is 14.8 Å². The SMILES string of the molecule is COc1ccc(NC(=O)COC(=O)c2cccc(Cl)c2)c(OC)c1. The molecule has 126 valence electrons. The molecule has 0 heterocycles. The van der Waals surface area contributed by atoms with Crippen LogP contribution in [-0.4, -0.2) is 32.7 Å². The highest BCUT2D eigenvalue weighted by Crippen LogP contribution is 2.28. The fourth-order valence-electron chi connectivity index (χ4n) is 1.92. The van der Waals surface area contributed by atoms with Gasteiger partial charge in [0.05, 0.1) is 25.5 Å². The van der Waals surface area contributed by atoms with E-state index in [1.807, 2.05) is 0 Å². The van der Waals surface area contributed by atoms with Gasteiger partial charge in [-0.2, -0.15) is 0 Å². The topological polar surface area (TPSA) is 73.9 Å². The van der Waals surface area contributed by atoms with Crippen LogP contribution in [-0.2, 0) is 9.53 Å². The second-order valence-electron chi connectivity index (χ2n) is 4.70. The van der Waals surface area contributed by atoms with Crippen LogP contribution in [0.25, 0.3) is 0 Å². The van der Waals surface area contributed by atoms with Gasteiger partial charge in [-0.3, -0.25) is 4.79 Å². The van der Waals surface area contributed by atoms with Crippen LogP contribution in [0.5, 0.6) is 11.5 Å². The number of rotatable bonds is 6. The standard InChI is InChI=1S/C17H16ClNO5/c1-22-13-6-7-14(15(9-13)23-2)19-16(20)10-24-17(21)11-4-3-5-12(18)8-11/h3-9H,10H2,1-2H3,(H,19,20). The summed E-state index contributed by atoms with van der Waals surface area (Å²) in [4.78, 5) is 23.8. The van der Waals surface area contributed by atoms with E-state index in [4.69, 9.17) is 25.8 Å². The summed E-state index contributed by atoms with van der Waals surface area (Å²) in [5.41, 5.74) is 0.722. The number of ether oxygens (including phenoxy) is 3. The molecule has 0 aliphatic carbocycles. The average Bonchev–Trinajstić information content (AvgIpc) is 2.60. The van der Waals surface area contributed by atoms with Crippen molar-refractivity contribution in [3.8, 4) is 11.5 Å². The number of hydrogen-bond acceptors (Lipinski definition) is 5. The summed E-state index contributed by atoms with van der Waals surface area (Å²) in [5, 5.41) is 3.02. The van der Waals surface area contributed by atoms with E-state index in [2.05, 4.69) is 5.32 Å².